The van der Waals surface area contributed by atoms with Gasteiger partial charge < -0.3 is 4.74 Å². The summed E-state index contributed by atoms with van der Waals surface area (Å²) in [7, 11) is 3.69. The molecule has 0 aliphatic heterocycles. The lowest BCUT2D eigenvalue weighted by atomic mass is 10.4. The number of hydrogen-bond donors (Lipinski definition) is 0. The normalized spacial score (nSPS) is 11.0. The van der Waals surface area contributed by atoms with Gasteiger partial charge in [0.25, 0.3) is 0 Å². The smallest absolute Gasteiger partial charge is 0.334 e. The van der Waals surface area contributed by atoms with E-state index in [4.69, 9.17) is 4.74 Å². The van der Waals surface area contributed by atoms with Gasteiger partial charge in [-0.05, 0) is 46.2 Å². The van der Waals surface area contributed by atoms with Crippen LogP contribution in [0.5, 0.6) is 0 Å². The fourth-order valence-corrected chi connectivity index (χ4v) is 0.858. The van der Waals surface area contributed by atoms with Crippen LogP contribution >= 0.6 is 0 Å². The number of ether oxygens (including phenoxy) is 1. The highest BCUT2D eigenvalue weighted by Crippen LogP contribution is 1.99. The first kappa shape index (κ1) is 17.1. The van der Waals surface area contributed by atoms with Crippen LogP contribution in [0.15, 0.2) is 43.1 Å². The molecule has 0 spiro atoms. The van der Waals surface area contributed by atoms with Crippen molar-refractivity contribution in [2.24, 2.45) is 0 Å². The Bertz CT molecular complexity index is 413. The summed E-state index contributed by atoms with van der Waals surface area (Å²) in [6.07, 6.45) is 3.27. The zero-order chi connectivity index (χ0) is 14.8. The van der Waals surface area contributed by atoms with Gasteiger partial charge in [-0.3, -0.25) is 9.88 Å². The number of rotatable bonds is 4. The van der Waals surface area contributed by atoms with Crippen LogP contribution in [0.3, 0.4) is 0 Å². The van der Waals surface area contributed by atoms with Gasteiger partial charge in [0.2, 0.25) is 0 Å². The first-order chi connectivity index (χ1) is 8.88. The molecule has 0 bridgehead atoms. The molecule has 104 valence electrons. The third-order valence-electron chi connectivity index (χ3n) is 2.25. The van der Waals surface area contributed by atoms with E-state index in [9.17, 15) is 4.79 Å². The Morgan fingerprint density at radius 1 is 1.47 bits per heavy atom. The summed E-state index contributed by atoms with van der Waals surface area (Å²) in [5.41, 5.74) is 1.35. The van der Waals surface area contributed by atoms with E-state index in [0.717, 1.165) is 5.69 Å². The van der Waals surface area contributed by atoms with Crippen molar-refractivity contribution in [3.63, 3.8) is 0 Å². The maximum absolute atomic E-state index is 10.9. The first-order valence-corrected chi connectivity index (χ1v) is 5.94. The molecule has 0 aliphatic carbocycles. The van der Waals surface area contributed by atoms with E-state index >= 15 is 0 Å². The van der Waals surface area contributed by atoms with Gasteiger partial charge in [0.1, 0.15) is 0 Å². The van der Waals surface area contributed by atoms with Crippen LogP contribution in [-0.4, -0.2) is 36.2 Å². The van der Waals surface area contributed by atoms with Gasteiger partial charge in [0, 0.05) is 11.8 Å². The van der Waals surface area contributed by atoms with E-state index in [0.29, 0.717) is 5.57 Å². The molecule has 1 aromatic rings. The van der Waals surface area contributed by atoms with Gasteiger partial charge in [-0.15, -0.1) is 0 Å². The van der Waals surface area contributed by atoms with Crippen LogP contribution in [0.25, 0.3) is 6.08 Å². The molecule has 0 radical (unpaired) electrons. The second-order valence-corrected chi connectivity index (χ2v) is 4.21. The van der Waals surface area contributed by atoms with Gasteiger partial charge in [-0.25, -0.2) is 4.79 Å². The monoisotopic (exact) mass is 262 g/mol. The molecular weight excluding hydrogens is 240 g/mol. The van der Waals surface area contributed by atoms with Crippen LogP contribution in [0.2, 0.25) is 0 Å². The lowest BCUT2D eigenvalue weighted by Gasteiger charge is -2.19. The van der Waals surface area contributed by atoms with Gasteiger partial charge in [-0.2, -0.15) is 0 Å². The Morgan fingerprint density at radius 3 is 2.42 bits per heavy atom. The van der Waals surface area contributed by atoms with E-state index in [1.807, 2.05) is 32.3 Å². The third kappa shape index (κ3) is 7.89. The van der Waals surface area contributed by atoms with Crippen LogP contribution in [0.1, 0.15) is 19.5 Å². The minimum atomic E-state index is -0.341. The highest BCUT2D eigenvalue weighted by atomic mass is 16.6. The van der Waals surface area contributed by atoms with Crippen LogP contribution in [0, 0.1) is 0 Å². The van der Waals surface area contributed by atoms with E-state index in [1.165, 1.54) is 0 Å². The Balaban J connectivity index is 0.000000356. The number of pyridine rings is 1. The minimum Gasteiger partial charge on any atom is -0.443 e. The predicted molar refractivity (Wildman–Crippen MR) is 78.4 cm³/mol. The van der Waals surface area contributed by atoms with E-state index < -0.39 is 0 Å². The molecule has 0 saturated heterocycles. The Kier molecular flexibility index (Phi) is 8.13. The SMILES string of the molecule is C=C(C)C(=O)OC(C)N(C)C.C=Cc1ccccn1. The van der Waals surface area contributed by atoms with Crippen molar-refractivity contribution in [1.82, 2.24) is 9.88 Å². The van der Waals surface area contributed by atoms with Crippen molar-refractivity contribution in [2.75, 3.05) is 14.1 Å². The van der Waals surface area contributed by atoms with Crippen LogP contribution in [0.4, 0.5) is 0 Å². The number of carbonyl (C=O) groups excluding carboxylic acids is 1. The molecule has 0 aliphatic rings. The van der Waals surface area contributed by atoms with Crippen LogP contribution in [-0.2, 0) is 9.53 Å². The average Bonchev–Trinajstić information content (AvgIpc) is 2.40. The second kappa shape index (κ2) is 9.05. The molecule has 0 N–H and O–H groups in total. The number of esters is 1. The summed E-state index contributed by atoms with van der Waals surface area (Å²) in [5.74, 6) is -0.341. The number of aromatic nitrogens is 1. The van der Waals surface area contributed by atoms with Gasteiger partial charge >= 0.3 is 5.97 Å². The summed E-state index contributed by atoms with van der Waals surface area (Å²) in [5, 5.41) is 0. The maximum atomic E-state index is 10.9. The molecule has 1 heterocycles. The molecule has 1 aromatic heterocycles. The fourth-order valence-electron chi connectivity index (χ4n) is 0.858. The number of nitrogens with zero attached hydrogens (tertiary/aromatic N) is 2. The van der Waals surface area contributed by atoms with Gasteiger partial charge in [0.15, 0.2) is 6.23 Å². The summed E-state index contributed by atoms with van der Waals surface area (Å²) >= 11 is 0. The Morgan fingerprint density at radius 2 is 2.11 bits per heavy atom. The van der Waals surface area contributed by atoms with Gasteiger partial charge in [-0.1, -0.05) is 19.2 Å². The third-order valence-corrected chi connectivity index (χ3v) is 2.25. The highest BCUT2D eigenvalue weighted by molar-refractivity contribution is 5.87. The number of hydrogen-bond acceptors (Lipinski definition) is 4. The largest absolute Gasteiger partial charge is 0.443 e. The minimum absolute atomic E-state index is 0.195. The van der Waals surface area contributed by atoms with Crippen molar-refractivity contribution >= 4 is 12.0 Å². The molecule has 4 heteroatoms. The Labute approximate surface area is 115 Å². The van der Waals surface area contributed by atoms with Crippen molar-refractivity contribution in [3.8, 4) is 0 Å². The molecule has 1 atom stereocenters. The number of carbonyl (C=O) groups is 1. The van der Waals surface area contributed by atoms with Gasteiger partial charge in [0.05, 0.1) is 5.69 Å². The summed E-state index contributed by atoms with van der Waals surface area (Å²) in [6, 6.07) is 5.73. The van der Waals surface area contributed by atoms with Crippen molar-refractivity contribution in [3.05, 3.63) is 48.8 Å². The zero-order valence-corrected chi connectivity index (χ0v) is 12.1. The standard InChI is InChI=1S/C8H15NO2.C7H7N/c1-6(2)8(10)11-7(3)9(4)5;1-2-7-5-3-4-6-8-7/h7H,1H2,2-5H3;2-6H,1H2. The molecule has 19 heavy (non-hydrogen) atoms. The summed E-state index contributed by atoms with van der Waals surface area (Å²) in [4.78, 5) is 16.7. The fraction of sp³-hybridized carbons (Fsp3) is 0.333. The summed E-state index contributed by atoms with van der Waals surface area (Å²) in [6.45, 7) is 10.5. The molecule has 0 aromatic carbocycles. The lowest BCUT2D eigenvalue weighted by Crippen LogP contribution is -2.30. The quantitative estimate of drug-likeness (QED) is 0.475. The van der Waals surface area contributed by atoms with E-state index in [2.05, 4.69) is 18.1 Å². The van der Waals surface area contributed by atoms with Crippen LogP contribution < -0.4 is 0 Å². The molecule has 1 unspecified atom stereocenters. The molecule has 0 fully saturated rings. The predicted octanol–water partition coefficient (Wildman–Crippen LogP) is 2.74. The molecule has 0 amide bonds. The highest BCUT2D eigenvalue weighted by Gasteiger charge is 2.10. The Hall–Kier alpha value is -1.94. The topological polar surface area (TPSA) is 42.4 Å². The van der Waals surface area contributed by atoms with E-state index in [1.54, 1.807) is 31.0 Å². The molecule has 4 nitrogen and oxygen atoms in total. The molecule has 0 saturated carbocycles. The molecular formula is C15H22N2O2. The van der Waals surface area contributed by atoms with E-state index in [-0.39, 0.29) is 12.2 Å². The maximum Gasteiger partial charge on any atom is 0.334 e. The van der Waals surface area contributed by atoms with Crippen molar-refractivity contribution in [1.29, 1.82) is 0 Å². The molecule has 1 rings (SSSR count). The second-order valence-electron chi connectivity index (χ2n) is 4.21. The zero-order valence-electron chi connectivity index (χ0n) is 12.1. The average molecular weight is 262 g/mol. The lowest BCUT2D eigenvalue weighted by molar-refractivity contribution is -0.150. The first-order valence-electron chi connectivity index (χ1n) is 5.94. The summed E-state index contributed by atoms with van der Waals surface area (Å²) < 4.78 is 4.96. The van der Waals surface area contributed by atoms with Crippen molar-refractivity contribution in [2.45, 2.75) is 20.1 Å². The van der Waals surface area contributed by atoms with Crippen molar-refractivity contribution < 1.29 is 9.53 Å².